The lowest BCUT2D eigenvalue weighted by Gasteiger charge is -2.05. The Morgan fingerprint density at radius 3 is 2.65 bits per heavy atom. The standard InChI is InChI=1S/C13H18N8O2/c1-8-10(21(20-15-8)12-11(14)18-23-19-12)13(22)17-16-9-6-4-2-3-5-7-9/h2-7H2,1H3,(H2,14,18)(H,17,22). The summed E-state index contributed by atoms with van der Waals surface area (Å²) in [6.45, 7) is 1.67. The van der Waals surface area contributed by atoms with Gasteiger partial charge in [0.25, 0.3) is 5.91 Å². The number of carbonyl (C=O) groups excluding carboxylic acids is 1. The number of nitrogen functional groups attached to an aromatic ring is 1. The molecule has 2 aromatic heterocycles. The third kappa shape index (κ3) is 3.20. The van der Waals surface area contributed by atoms with Gasteiger partial charge in [-0.15, -0.1) is 5.10 Å². The summed E-state index contributed by atoms with van der Waals surface area (Å²) in [6, 6.07) is 0. The summed E-state index contributed by atoms with van der Waals surface area (Å²) in [6.07, 6.45) is 6.46. The summed E-state index contributed by atoms with van der Waals surface area (Å²) < 4.78 is 5.74. The average molecular weight is 318 g/mol. The van der Waals surface area contributed by atoms with Crippen LogP contribution in [0.4, 0.5) is 5.82 Å². The second-order valence-corrected chi connectivity index (χ2v) is 5.44. The van der Waals surface area contributed by atoms with Crippen molar-refractivity contribution in [1.29, 1.82) is 0 Å². The van der Waals surface area contributed by atoms with Gasteiger partial charge in [-0.2, -0.15) is 9.78 Å². The zero-order valence-electron chi connectivity index (χ0n) is 12.8. The van der Waals surface area contributed by atoms with E-state index in [1.165, 1.54) is 17.5 Å². The number of nitrogens with zero attached hydrogens (tertiary/aromatic N) is 6. The highest BCUT2D eigenvalue weighted by atomic mass is 16.6. The van der Waals surface area contributed by atoms with Crippen molar-refractivity contribution in [2.75, 3.05) is 5.73 Å². The molecule has 0 aromatic carbocycles. The molecule has 3 rings (SSSR count). The first-order valence-electron chi connectivity index (χ1n) is 7.53. The van der Waals surface area contributed by atoms with Gasteiger partial charge >= 0.3 is 0 Å². The molecule has 0 spiro atoms. The lowest BCUT2D eigenvalue weighted by atomic mass is 10.2. The van der Waals surface area contributed by atoms with Crippen LogP contribution in [0.5, 0.6) is 0 Å². The molecule has 10 nitrogen and oxygen atoms in total. The molecule has 0 bridgehead atoms. The molecule has 1 aliphatic carbocycles. The number of nitrogens with one attached hydrogen (secondary N) is 1. The van der Waals surface area contributed by atoms with Crippen molar-refractivity contribution in [3.05, 3.63) is 11.4 Å². The van der Waals surface area contributed by atoms with E-state index in [2.05, 4.69) is 35.8 Å². The maximum atomic E-state index is 12.4. The summed E-state index contributed by atoms with van der Waals surface area (Å²) in [5.74, 6) is -0.274. The van der Waals surface area contributed by atoms with Crippen LogP contribution in [-0.4, -0.2) is 36.9 Å². The molecule has 1 amide bonds. The summed E-state index contributed by atoms with van der Waals surface area (Å²) in [4.78, 5) is 12.4. The van der Waals surface area contributed by atoms with E-state index < -0.39 is 5.91 Å². The van der Waals surface area contributed by atoms with Crippen LogP contribution in [-0.2, 0) is 0 Å². The quantitative estimate of drug-likeness (QED) is 0.635. The van der Waals surface area contributed by atoms with E-state index in [0.717, 1.165) is 31.4 Å². The van der Waals surface area contributed by atoms with Crippen molar-refractivity contribution in [3.63, 3.8) is 0 Å². The Labute approximate surface area is 132 Å². The van der Waals surface area contributed by atoms with Crippen LogP contribution in [0.25, 0.3) is 5.82 Å². The van der Waals surface area contributed by atoms with Gasteiger partial charge in [0.15, 0.2) is 5.69 Å². The normalized spacial score (nSPS) is 15.3. The summed E-state index contributed by atoms with van der Waals surface area (Å²) in [5.41, 5.74) is 9.86. The molecule has 0 aliphatic heterocycles. The zero-order chi connectivity index (χ0) is 16.2. The second kappa shape index (κ2) is 6.55. The smallest absolute Gasteiger partial charge is 0.292 e. The van der Waals surface area contributed by atoms with Crippen LogP contribution in [0.1, 0.15) is 54.7 Å². The molecule has 1 aliphatic rings. The topological polar surface area (TPSA) is 137 Å². The highest BCUT2D eigenvalue weighted by molar-refractivity contribution is 5.95. The summed E-state index contributed by atoms with van der Waals surface area (Å²) in [7, 11) is 0. The van der Waals surface area contributed by atoms with Gasteiger partial charge in [-0.25, -0.2) is 10.1 Å². The Kier molecular flexibility index (Phi) is 4.31. The SMILES string of the molecule is Cc1nnn(-c2nonc2N)c1C(=O)NN=C1CCCCCC1. The lowest BCUT2D eigenvalue weighted by Crippen LogP contribution is -2.24. The Morgan fingerprint density at radius 2 is 2.00 bits per heavy atom. The first-order chi connectivity index (χ1) is 11.2. The van der Waals surface area contributed by atoms with Gasteiger partial charge in [0.2, 0.25) is 11.6 Å². The van der Waals surface area contributed by atoms with Crippen molar-refractivity contribution < 1.29 is 9.42 Å². The van der Waals surface area contributed by atoms with E-state index in [4.69, 9.17) is 5.73 Å². The number of hydrogen-bond donors (Lipinski definition) is 2. The number of hydrazone groups is 1. The fourth-order valence-corrected chi connectivity index (χ4v) is 2.53. The number of aryl methyl sites for hydroxylation is 1. The number of rotatable bonds is 3. The van der Waals surface area contributed by atoms with E-state index in [1.54, 1.807) is 6.92 Å². The highest BCUT2D eigenvalue weighted by Gasteiger charge is 2.23. The zero-order valence-corrected chi connectivity index (χ0v) is 12.8. The van der Waals surface area contributed by atoms with E-state index in [0.29, 0.717) is 5.69 Å². The molecule has 10 heteroatoms. The number of hydrogen-bond acceptors (Lipinski definition) is 8. The molecule has 0 atom stereocenters. The third-order valence-corrected chi connectivity index (χ3v) is 3.75. The molecule has 1 saturated carbocycles. The van der Waals surface area contributed by atoms with Crippen LogP contribution in [0.2, 0.25) is 0 Å². The highest BCUT2D eigenvalue weighted by Crippen LogP contribution is 2.16. The number of carbonyl (C=O) groups is 1. The number of anilines is 1. The van der Waals surface area contributed by atoms with Crippen LogP contribution < -0.4 is 11.2 Å². The first-order valence-corrected chi connectivity index (χ1v) is 7.53. The maximum Gasteiger partial charge on any atom is 0.292 e. The molecule has 0 unspecified atom stereocenters. The third-order valence-electron chi connectivity index (χ3n) is 3.75. The van der Waals surface area contributed by atoms with E-state index in [9.17, 15) is 4.79 Å². The molecule has 3 N–H and O–H groups in total. The van der Waals surface area contributed by atoms with Crippen LogP contribution >= 0.6 is 0 Å². The number of amides is 1. The van der Waals surface area contributed by atoms with Crippen molar-refractivity contribution in [3.8, 4) is 5.82 Å². The fraction of sp³-hybridized carbons (Fsp3) is 0.538. The van der Waals surface area contributed by atoms with Gasteiger partial charge < -0.3 is 5.73 Å². The second-order valence-electron chi connectivity index (χ2n) is 5.44. The number of aromatic nitrogens is 5. The van der Waals surface area contributed by atoms with Gasteiger partial charge in [-0.05, 0) is 42.9 Å². The van der Waals surface area contributed by atoms with Crippen molar-refractivity contribution in [2.24, 2.45) is 5.10 Å². The monoisotopic (exact) mass is 318 g/mol. The van der Waals surface area contributed by atoms with Crippen molar-refractivity contribution in [2.45, 2.75) is 45.4 Å². The molecule has 2 heterocycles. The lowest BCUT2D eigenvalue weighted by molar-refractivity contribution is 0.0946. The Morgan fingerprint density at radius 1 is 1.26 bits per heavy atom. The largest absolute Gasteiger partial charge is 0.378 e. The van der Waals surface area contributed by atoms with Gasteiger partial charge in [0.1, 0.15) is 0 Å². The molecule has 23 heavy (non-hydrogen) atoms. The molecular weight excluding hydrogens is 300 g/mol. The molecule has 0 saturated heterocycles. The Hall–Kier alpha value is -2.78. The van der Waals surface area contributed by atoms with Crippen molar-refractivity contribution in [1.82, 2.24) is 30.7 Å². The first kappa shape index (κ1) is 15.1. The van der Waals surface area contributed by atoms with Gasteiger partial charge in [0.05, 0.1) is 5.69 Å². The Bertz CT molecular complexity index is 722. The van der Waals surface area contributed by atoms with Crippen LogP contribution in [0.15, 0.2) is 9.73 Å². The Balaban J connectivity index is 1.81. The van der Waals surface area contributed by atoms with Gasteiger partial charge in [-0.3, -0.25) is 4.79 Å². The summed E-state index contributed by atoms with van der Waals surface area (Å²) >= 11 is 0. The predicted octanol–water partition coefficient (Wildman–Crippen LogP) is 0.981. The average Bonchev–Trinajstić information content (AvgIpc) is 3.02. The molecule has 0 radical (unpaired) electrons. The molecule has 2 aromatic rings. The minimum atomic E-state index is -0.424. The number of nitrogens with two attached hydrogens (primary N) is 1. The fourth-order valence-electron chi connectivity index (χ4n) is 2.53. The molecule has 122 valence electrons. The minimum absolute atomic E-state index is 0.0269. The maximum absolute atomic E-state index is 12.4. The van der Waals surface area contributed by atoms with E-state index >= 15 is 0 Å². The van der Waals surface area contributed by atoms with Gasteiger partial charge in [0, 0.05) is 5.71 Å². The van der Waals surface area contributed by atoms with E-state index in [1.807, 2.05) is 0 Å². The van der Waals surface area contributed by atoms with Crippen LogP contribution in [0.3, 0.4) is 0 Å². The van der Waals surface area contributed by atoms with Crippen molar-refractivity contribution >= 4 is 17.4 Å². The summed E-state index contributed by atoms with van der Waals surface area (Å²) in [5, 5.41) is 19.1. The molecule has 1 fully saturated rings. The van der Waals surface area contributed by atoms with E-state index in [-0.39, 0.29) is 17.3 Å². The van der Waals surface area contributed by atoms with Crippen LogP contribution in [0, 0.1) is 6.92 Å². The van der Waals surface area contributed by atoms with Gasteiger partial charge in [-0.1, -0.05) is 18.1 Å². The molecular formula is C13H18N8O2. The predicted molar refractivity (Wildman–Crippen MR) is 81.0 cm³/mol. The minimum Gasteiger partial charge on any atom is -0.378 e.